The maximum Gasteiger partial charge on any atom is 0.354 e. The molecular weight excluding hydrogens is 436 g/mol. The van der Waals surface area contributed by atoms with Crippen LogP contribution in [0.15, 0.2) is 96.7 Å². The molecule has 8 heteroatoms. The van der Waals surface area contributed by atoms with Crippen LogP contribution in [-0.2, 0) is 24.6 Å². The van der Waals surface area contributed by atoms with Gasteiger partial charge in [0.25, 0.3) is 5.69 Å². The van der Waals surface area contributed by atoms with Crippen LogP contribution in [0.25, 0.3) is 0 Å². The van der Waals surface area contributed by atoms with Gasteiger partial charge >= 0.3 is 11.9 Å². The van der Waals surface area contributed by atoms with Gasteiger partial charge in [0.05, 0.1) is 19.1 Å². The Morgan fingerprint density at radius 2 is 1.47 bits per heavy atom. The summed E-state index contributed by atoms with van der Waals surface area (Å²) in [5, 5.41) is 11.2. The molecule has 0 aromatic heterocycles. The van der Waals surface area contributed by atoms with E-state index in [2.05, 4.69) is 0 Å². The third-order valence-electron chi connectivity index (χ3n) is 5.95. The van der Waals surface area contributed by atoms with Crippen molar-refractivity contribution >= 4 is 23.3 Å². The van der Waals surface area contributed by atoms with Gasteiger partial charge in [0.2, 0.25) is 0 Å². The number of anilines is 1. The van der Waals surface area contributed by atoms with Crippen LogP contribution in [0.4, 0.5) is 11.4 Å². The molecule has 0 spiro atoms. The molecule has 3 aromatic carbocycles. The van der Waals surface area contributed by atoms with Gasteiger partial charge in [0, 0.05) is 23.7 Å². The zero-order chi connectivity index (χ0) is 24.3. The number of ether oxygens (including phenoxy) is 2. The fourth-order valence-corrected chi connectivity index (χ4v) is 4.50. The molecule has 0 fully saturated rings. The summed E-state index contributed by atoms with van der Waals surface area (Å²) < 4.78 is 10.4. The minimum atomic E-state index is -1.52. The molecule has 1 aliphatic heterocycles. The average Bonchev–Trinajstić information content (AvgIpc) is 3.25. The predicted molar refractivity (Wildman–Crippen MR) is 125 cm³/mol. The highest BCUT2D eigenvalue weighted by Crippen LogP contribution is 2.53. The molecule has 0 saturated heterocycles. The molecular formula is C26H22N2O6. The van der Waals surface area contributed by atoms with E-state index in [0.29, 0.717) is 16.8 Å². The fraction of sp³-hybridized carbons (Fsp3) is 0.154. The minimum absolute atomic E-state index is 0.0813. The van der Waals surface area contributed by atoms with Crippen molar-refractivity contribution in [3.8, 4) is 0 Å². The summed E-state index contributed by atoms with van der Waals surface area (Å²) in [5.74, 6) is -1.95. The quantitative estimate of drug-likeness (QED) is 0.308. The lowest BCUT2D eigenvalue weighted by molar-refractivity contribution is -0.384. The van der Waals surface area contributed by atoms with Gasteiger partial charge in [0.15, 0.2) is 5.54 Å². The van der Waals surface area contributed by atoms with E-state index >= 15 is 0 Å². The van der Waals surface area contributed by atoms with Crippen molar-refractivity contribution in [2.75, 3.05) is 19.1 Å². The van der Waals surface area contributed by atoms with Gasteiger partial charge in [0.1, 0.15) is 5.70 Å². The molecule has 0 N–H and O–H groups in total. The van der Waals surface area contributed by atoms with Gasteiger partial charge in [-0.2, -0.15) is 0 Å². The first-order chi connectivity index (χ1) is 16.4. The first-order valence-electron chi connectivity index (χ1n) is 10.5. The Morgan fingerprint density at radius 1 is 0.882 bits per heavy atom. The Bertz CT molecular complexity index is 1240. The molecule has 1 heterocycles. The highest BCUT2D eigenvalue weighted by molar-refractivity contribution is 6.01. The number of carbonyl (C=O) groups is 2. The monoisotopic (exact) mass is 458 g/mol. The van der Waals surface area contributed by atoms with Crippen molar-refractivity contribution in [2.24, 2.45) is 0 Å². The summed E-state index contributed by atoms with van der Waals surface area (Å²) >= 11 is 0. The van der Waals surface area contributed by atoms with Gasteiger partial charge in [-0.3, -0.25) is 10.1 Å². The molecule has 2 atom stereocenters. The Kier molecular flexibility index (Phi) is 6.14. The van der Waals surface area contributed by atoms with E-state index in [-0.39, 0.29) is 11.4 Å². The van der Waals surface area contributed by atoms with E-state index in [0.717, 1.165) is 0 Å². The molecule has 0 bridgehead atoms. The number of benzene rings is 3. The molecule has 0 unspecified atom stereocenters. The van der Waals surface area contributed by atoms with E-state index in [9.17, 15) is 19.7 Å². The molecule has 0 amide bonds. The van der Waals surface area contributed by atoms with Crippen LogP contribution in [0.2, 0.25) is 0 Å². The number of nitrogens with zero attached hydrogens (tertiary/aromatic N) is 2. The molecule has 172 valence electrons. The number of nitro groups is 1. The molecule has 0 aliphatic carbocycles. The zero-order valence-corrected chi connectivity index (χ0v) is 18.6. The van der Waals surface area contributed by atoms with E-state index < -0.39 is 28.3 Å². The predicted octanol–water partition coefficient (Wildman–Crippen LogP) is 4.32. The molecule has 0 saturated carbocycles. The summed E-state index contributed by atoms with van der Waals surface area (Å²) in [6.45, 7) is 0. The van der Waals surface area contributed by atoms with Gasteiger partial charge in [-0.05, 0) is 29.3 Å². The lowest BCUT2D eigenvalue weighted by Gasteiger charge is -2.42. The number of carbonyl (C=O) groups excluding carboxylic acids is 2. The van der Waals surface area contributed by atoms with Crippen LogP contribution in [0, 0.1) is 10.1 Å². The first-order valence-corrected chi connectivity index (χ1v) is 10.5. The Balaban J connectivity index is 2.06. The van der Waals surface area contributed by atoms with Crippen LogP contribution >= 0.6 is 0 Å². The number of non-ortho nitro benzene ring substituents is 1. The van der Waals surface area contributed by atoms with E-state index in [1.54, 1.807) is 71.6 Å². The summed E-state index contributed by atoms with van der Waals surface area (Å²) in [4.78, 5) is 39.1. The van der Waals surface area contributed by atoms with Crippen molar-refractivity contribution in [3.05, 3.63) is 118 Å². The number of esters is 2. The van der Waals surface area contributed by atoms with E-state index in [1.807, 2.05) is 12.1 Å². The Labute approximate surface area is 196 Å². The Hall–Kier alpha value is -4.46. The average molecular weight is 458 g/mol. The third-order valence-corrected chi connectivity index (χ3v) is 5.95. The van der Waals surface area contributed by atoms with E-state index in [4.69, 9.17) is 9.47 Å². The maximum atomic E-state index is 13.8. The molecule has 1 aliphatic rings. The SMILES string of the molecule is COC(=O)C1=C[C@H](c2ccc([N+](=O)[O-])cc2)[C@](C(=O)OC)(c2ccccc2)N1c1ccccc1. The van der Waals surface area contributed by atoms with E-state index in [1.165, 1.54) is 26.4 Å². The summed E-state index contributed by atoms with van der Waals surface area (Å²) in [6.07, 6.45) is 1.66. The third kappa shape index (κ3) is 3.59. The fourth-order valence-electron chi connectivity index (χ4n) is 4.50. The van der Waals surface area contributed by atoms with Crippen LogP contribution in [0.5, 0.6) is 0 Å². The van der Waals surface area contributed by atoms with Crippen molar-refractivity contribution in [1.82, 2.24) is 0 Å². The highest BCUT2D eigenvalue weighted by Gasteiger charge is 2.59. The normalized spacial score (nSPS) is 19.3. The van der Waals surface area contributed by atoms with Gasteiger partial charge < -0.3 is 14.4 Å². The number of rotatable bonds is 6. The van der Waals surface area contributed by atoms with Crippen molar-refractivity contribution < 1.29 is 24.0 Å². The summed E-state index contributed by atoms with van der Waals surface area (Å²) in [7, 11) is 2.56. The van der Waals surface area contributed by atoms with Crippen molar-refractivity contribution in [2.45, 2.75) is 11.5 Å². The molecule has 4 rings (SSSR count). The van der Waals surface area contributed by atoms with Gasteiger partial charge in [-0.1, -0.05) is 60.7 Å². The van der Waals surface area contributed by atoms with Crippen LogP contribution in [0.1, 0.15) is 17.0 Å². The zero-order valence-electron chi connectivity index (χ0n) is 18.6. The topological polar surface area (TPSA) is 99.0 Å². The molecule has 34 heavy (non-hydrogen) atoms. The smallest absolute Gasteiger partial charge is 0.354 e. The number of hydrogen-bond acceptors (Lipinski definition) is 7. The summed E-state index contributed by atoms with van der Waals surface area (Å²) in [5.41, 5.74) is 0.326. The summed E-state index contributed by atoms with van der Waals surface area (Å²) in [6, 6.07) is 23.9. The second-order valence-corrected chi connectivity index (χ2v) is 7.66. The van der Waals surface area contributed by atoms with Crippen molar-refractivity contribution in [1.29, 1.82) is 0 Å². The van der Waals surface area contributed by atoms with Crippen molar-refractivity contribution in [3.63, 3.8) is 0 Å². The number of methoxy groups -OCH3 is 2. The lowest BCUT2D eigenvalue weighted by Crippen LogP contribution is -2.53. The second-order valence-electron chi connectivity index (χ2n) is 7.66. The second kappa shape index (κ2) is 9.19. The Morgan fingerprint density at radius 3 is 2.00 bits per heavy atom. The molecule has 8 nitrogen and oxygen atoms in total. The lowest BCUT2D eigenvalue weighted by atomic mass is 9.75. The highest BCUT2D eigenvalue weighted by atomic mass is 16.6. The largest absolute Gasteiger partial charge is 0.467 e. The number of para-hydroxylation sites is 1. The van der Waals surface area contributed by atoms with Crippen LogP contribution in [-0.4, -0.2) is 31.1 Å². The first kappa shape index (κ1) is 22.7. The number of nitro benzene ring substituents is 1. The van der Waals surface area contributed by atoms with Crippen LogP contribution in [0.3, 0.4) is 0 Å². The standard InChI is InChI=1S/C26H22N2O6/c1-33-24(29)23-17-22(18-13-15-21(16-14-18)28(31)32)26(25(30)34-2,19-9-5-3-6-10-19)27(23)20-11-7-4-8-12-20/h3-17,22H,1-2H3/t22-,26+/m1/s1. The van der Waals surface area contributed by atoms with Gasteiger partial charge in [-0.15, -0.1) is 0 Å². The number of hydrogen-bond donors (Lipinski definition) is 0. The van der Waals surface area contributed by atoms with Gasteiger partial charge in [-0.25, -0.2) is 9.59 Å². The van der Waals surface area contributed by atoms with Crippen LogP contribution < -0.4 is 4.90 Å². The molecule has 0 radical (unpaired) electrons. The maximum absolute atomic E-state index is 13.8. The minimum Gasteiger partial charge on any atom is -0.467 e. The molecule has 3 aromatic rings.